The van der Waals surface area contributed by atoms with Gasteiger partial charge in [0.15, 0.2) is 5.69 Å². The normalized spacial score (nSPS) is 10.8. The Kier molecular flexibility index (Phi) is 4.26. The van der Waals surface area contributed by atoms with Gasteiger partial charge >= 0.3 is 5.97 Å². The Balaban J connectivity index is 2.22. The van der Waals surface area contributed by atoms with Crippen molar-refractivity contribution in [3.05, 3.63) is 63.8 Å². The predicted molar refractivity (Wildman–Crippen MR) is 88.5 cm³/mol. The summed E-state index contributed by atoms with van der Waals surface area (Å²) in [6.45, 7) is 1.85. The minimum atomic E-state index is -1.19. The molecule has 3 aromatic rings. The van der Waals surface area contributed by atoms with Crippen LogP contribution in [0.5, 0.6) is 0 Å². The van der Waals surface area contributed by atoms with Gasteiger partial charge in [0, 0.05) is 16.8 Å². The van der Waals surface area contributed by atoms with Crippen molar-refractivity contribution in [1.29, 1.82) is 0 Å². The molecule has 3 rings (SSSR count). The van der Waals surface area contributed by atoms with Crippen LogP contribution in [0.25, 0.3) is 16.9 Å². The molecule has 122 valence electrons. The van der Waals surface area contributed by atoms with Gasteiger partial charge in [0.2, 0.25) is 5.95 Å². The monoisotopic (exact) mass is 365 g/mol. The molecule has 1 aromatic carbocycles. The Hall–Kier alpha value is -2.44. The average Bonchev–Trinajstić information content (AvgIpc) is 2.98. The van der Waals surface area contributed by atoms with Crippen LogP contribution in [0.15, 0.2) is 36.5 Å². The van der Waals surface area contributed by atoms with Gasteiger partial charge in [-0.1, -0.05) is 29.3 Å². The SMILES string of the molecule is Cc1ccc(-n2nc(C(=O)O)cc2-c2cnc(F)c(Cl)c2)cc1Cl. The lowest BCUT2D eigenvalue weighted by atomic mass is 10.2. The molecule has 0 saturated carbocycles. The summed E-state index contributed by atoms with van der Waals surface area (Å²) in [5, 5.41) is 13.6. The lowest BCUT2D eigenvalue weighted by molar-refractivity contribution is 0.0690. The second-order valence-corrected chi connectivity index (χ2v) is 5.88. The van der Waals surface area contributed by atoms with E-state index in [0.717, 1.165) is 5.56 Å². The van der Waals surface area contributed by atoms with Gasteiger partial charge in [-0.3, -0.25) is 0 Å². The summed E-state index contributed by atoms with van der Waals surface area (Å²) in [6.07, 6.45) is 1.26. The molecule has 2 heterocycles. The third-order valence-corrected chi connectivity index (χ3v) is 4.09. The molecule has 0 fully saturated rings. The molecule has 5 nitrogen and oxygen atoms in total. The number of carboxylic acid groups (broad SMARTS) is 1. The molecule has 0 aliphatic rings. The molecular formula is C16H10Cl2FN3O2. The van der Waals surface area contributed by atoms with Crippen molar-refractivity contribution in [2.24, 2.45) is 0 Å². The van der Waals surface area contributed by atoms with E-state index in [1.807, 2.05) is 6.92 Å². The maximum absolute atomic E-state index is 13.3. The summed E-state index contributed by atoms with van der Waals surface area (Å²) in [6, 6.07) is 7.93. The van der Waals surface area contributed by atoms with Crippen molar-refractivity contribution >= 4 is 29.2 Å². The Morgan fingerprint density at radius 1 is 1.21 bits per heavy atom. The zero-order valence-corrected chi connectivity index (χ0v) is 13.8. The Bertz CT molecular complexity index is 887. The maximum atomic E-state index is 13.3. The molecule has 0 amide bonds. The highest BCUT2D eigenvalue weighted by atomic mass is 35.5. The summed E-state index contributed by atoms with van der Waals surface area (Å²) >= 11 is 11.9. The minimum Gasteiger partial charge on any atom is -0.476 e. The van der Waals surface area contributed by atoms with E-state index in [1.165, 1.54) is 23.0 Å². The summed E-state index contributed by atoms with van der Waals surface area (Å²) in [7, 11) is 0. The summed E-state index contributed by atoms with van der Waals surface area (Å²) in [4.78, 5) is 14.8. The highest BCUT2D eigenvalue weighted by Gasteiger charge is 2.17. The van der Waals surface area contributed by atoms with Crippen molar-refractivity contribution < 1.29 is 14.3 Å². The van der Waals surface area contributed by atoms with Crippen LogP contribution in [-0.2, 0) is 0 Å². The van der Waals surface area contributed by atoms with Crippen LogP contribution in [0.1, 0.15) is 16.1 Å². The molecule has 0 aliphatic carbocycles. The number of nitrogens with zero attached hydrogens (tertiary/aromatic N) is 3. The maximum Gasteiger partial charge on any atom is 0.356 e. The first-order chi connectivity index (χ1) is 11.4. The Morgan fingerprint density at radius 2 is 1.96 bits per heavy atom. The second-order valence-electron chi connectivity index (χ2n) is 5.06. The van der Waals surface area contributed by atoms with Gasteiger partial charge < -0.3 is 5.11 Å². The van der Waals surface area contributed by atoms with E-state index in [2.05, 4.69) is 10.1 Å². The molecule has 0 bridgehead atoms. The molecule has 2 aromatic heterocycles. The molecule has 0 saturated heterocycles. The highest BCUT2D eigenvalue weighted by Crippen LogP contribution is 2.28. The third-order valence-electron chi connectivity index (χ3n) is 3.42. The number of carboxylic acids is 1. The van der Waals surface area contributed by atoms with Crippen LogP contribution >= 0.6 is 23.2 Å². The zero-order chi connectivity index (χ0) is 17.4. The van der Waals surface area contributed by atoms with Gasteiger partial charge in [-0.25, -0.2) is 14.5 Å². The highest BCUT2D eigenvalue weighted by molar-refractivity contribution is 6.31. The van der Waals surface area contributed by atoms with Gasteiger partial charge in [-0.2, -0.15) is 9.49 Å². The quantitative estimate of drug-likeness (QED) is 0.699. The lowest BCUT2D eigenvalue weighted by Gasteiger charge is -2.09. The fourth-order valence-corrected chi connectivity index (χ4v) is 2.50. The molecular weight excluding hydrogens is 356 g/mol. The van der Waals surface area contributed by atoms with Crippen LogP contribution in [0.2, 0.25) is 10.0 Å². The molecule has 24 heavy (non-hydrogen) atoms. The van der Waals surface area contributed by atoms with Crippen molar-refractivity contribution in [1.82, 2.24) is 14.8 Å². The molecule has 0 aliphatic heterocycles. The van der Waals surface area contributed by atoms with Crippen LogP contribution in [0.3, 0.4) is 0 Å². The molecule has 0 atom stereocenters. The molecule has 0 spiro atoms. The molecule has 0 unspecified atom stereocenters. The van der Waals surface area contributed by atoms with Gasteiger partial charge in [0.25, 0.3) is 0 Å². The summed E-state index contributed by atoms with van der Waals surface area (Å²) in [5.41, 5.74) is 2.11. The van der Waals surface area contributed by atoms with Gasteiger partial charge in [0.05, 0.1) is 16.4 Å². The lowest BCUT2D eigenvalue weighted by Crippen LogP contribution is -2.03. The van der Waals surface area contributed by atoms with Crippen molar-refractivity contribution in [2.75, 3.05) is 0 Å². The fourth-order valence-electron chi connectivity index (χ4n) is 2.16. The predicted octanol–water partition coefficient (Wildman–Crippen LogP) is 4.39. The average molecular weight is 366 g/mol. The van der Waals surface area contributed by atoms with Crippen LogP contribution in [-0.4, -0.2) is 25.8 Å². The Morgan fingerprint density at radius 3 is 2.58 bits per heavy atom. The van der Waals surface area contributed by atoms with Gasteiger partial charge in [-0.05, 0) is 36.8 Å². The second kappa shape index (κ2) is 6.22. The smallest absolute Gasteiger partial charge is 0.356 e. The van der Waals surface area contributed by atoms with E-state index in [0.29, 0.717) is 22.0 Å². The minimum absolute atomic E-state index is 0.165. The summed E-state index contributed by atoms with van der Waals surface area (Å²) < 4.78 is 14.7. The van der Waals surface area contributed by atoms with Crippen LogP contribution in [0, 0.1) is 12.9 Å². The van der Waals surface area contributed by atoms with E-state index < -0.39 is 11.9 Å². The number of benzene rings is 1. The molecule has 8 heteroatoms. The van der Waals surface area contributed by atoms with E-state index in [1.54, 1.807) is 18.2 Å². The summed E-state index contributed by atoms with van der Waals surface area (Å²) in [5.74, 6) is -1.99. The Labute approximate surface area is 146 Å². The molecule has 0 radical (unpaired) electrons. The number of hydrogen-bond donors (Lipinski definition) is 1. The molecule has 1 N–H and O–H groups in total. The first-order valence-corrected chi connectivity index (χ1v) is 7.53. The van der Waals surface area contributed by atoms with E-state index in [9.17, 15) is 14.3 Å². The largest absolute Gasteiger partial charge is 0.476 e. The van der Waals surface area contributed by atoms with Crippen molar-refractivity contribution in [3.8, 4) is 16.9 Å². The van der Waals surface area contributed by atoms with Crippen LogP contribution < -0.4 is 0 Å². The number of rotatable bonds is 3. The van der Waals surface area contributed by atoms with Gasteiger partial charge in [0.1, 0.15) is 0 Å². The van der Waals surface area contributed by atoms with Crippen molar-refractivity contribution in [2.45, 2.75) is 6.92 Å². The first kappa shape index (κ1) is 16.4. The van der Waals surface area contributed by atoms with E-state index in [-0.39, 0.29) is 10.7 Å². The zero-order valence-electron chi connectivity index (χ0n) is 12.3. The number of halogens is 3. The van der Waals surface area contributed by atoms with E-state index in [4.69, 9.17) is 23.2 Å². The third kappa shape index (κ3) is 2.98. The van der Waals surface area contributed by atoms with E-state index >= 15 is 0 Å². The standard InChI is InChI=1S/C16H10Cl2FN3O2/c1-8-2-3-10(5-11(8)17)22-14(6-13(21-22)16(23)24)9-4-12(18)15(19)20-7-9/h2-7H,1H3,(H,23,24). The number of carbonyl (C=O) groups is 1. The number of aryl methyl sites for hydroxylation is 1. The number of pyridine rings is 1. The number of aromatic carboxylic acids is 1. The van der Waals surface area contributed by atoms with Crippen molar-refractivity contribution in [3.63, 3.8) is 0 Å². The van der Waals surface area contributed by atoms with Gasteiger partial charge in [-0.15, -0.1) is 0 Å². The number of aromatic nitrogens is 3. The fraction of sp³-hybridized carbons (Fsp3) is 0.0625. The topological polar surface area (TPSA) is 68.0 Å². The number of hydrogen-bond acceptors (Lipinski definition) is 3. The van der Waals surface area contributed by atoms with Crippen LogP contribution in [0.4, 0.5) is 4.39 Å². The first-order valence-electron chi connectivity index (χ1n) is 6.78.